The summed E-state index contributed by atoms with van der Waals surface area (Å²) >= 11 is 0. The molecule has 1 unspecified atom stereocenters. The average Bonchev–Trinajstić information content (AvgIpc) is 2.35. The molecule has 0 radical (unpaired) electrons. The molecule has 4 nitrogen and oxygen atoms in total. The predicted octanol–water partition coefficient (Wildman–Crippen LogP) is 1.40. The third-order valence-electron chi connectivity index (χ3n) is 2.47. The van der Waals surface area contributed by atoms with Crippen LogP contribution in [0.5, 0.6) is 5.75 Å². The van der Waals surface area contributed by atoms with Crippen molar-refractivity contribution in [1.29, 1.82) is 0 Å². The fourth-order valence-corrected chi connectivity index (χ4v) is 1.57. The molecule has 1 rings (SSSR count). The SMILES string of the molecule is C=CCNC(=O)C(C)Oc1cc(F)cc(CCN)c1. The Labute approximate surface area is 112 Å². The number of rotatable bonds is 7. The maximum absolute atomic E-state index is 13.4. The van der Waals surface area contributed by atoms with Crippen LogP contribution in [0.3, 0.4) is 0 Å². The lowest BCUT2D eigenvalue weighted by Crippen LogP contribution is -2.36. The number of carbonyl (C=O) groups excluding carboxylic acids is 1. The van der Waals surface area contributed by atoms with E-state index in [4.69, 9.17) is 10.5 Å². The Hall–Kier alpha value is -1.88. The Morgan fingerprint density at radius 2 is 2.32 bits per heavy atom. The van der Waals surface area contributed by atoms with Crippen molar-refractivity contribution >= 4 is 5.91 Å². The number of amides is 1. The van der Waals surface area contributed by atoms with Gasteiger partial charge < -0.3 is 15.8 Å². The summed E-state index contributed by atoms with van der Waals surface area (Å²) in [6.07, 6.45) is 1.43. The lowest BCUT2D eigenvalue weighted by atomic mass is 10.1. The van der Waals surface area contributed by atoms with Gasteiger partial charge in [0.2, 0.25) is 0 Å². The first-order valence-electron chi connectivity index (χ1n) is 6.11. The van der Waals surface area contributed by atoms with E-state index < -0.39 is 11.9 Å². The van der Waals surface area contributed by atoms with Crippen LogP contribution >= 0.6 is 0 Å². The van der Waals surface area contributed by atoms with Crippen LogP contribution in [0.2, 0.25) is 0 Å². The maximum atomic E-state index is 13.4. The Morgan fingerprint density at radius 1 is 1.58 bits per heavy atom. The Bertz CT molecular complexity index is 449. The van der Waals surface area contributed by atoms with Gasteiger partial charge in [-0.2, -0.15) is 0 Å². The van der Waals surface area contributed by atoms with Gasteiger partial charge in [0.1, 0.15) is 11.6 Å². The molecule has 1 aromatic carbocycles. The third kappa shape index (κ3) is 5.09. The maximum Gasteiger partial charge on any atom is 0.261 e. The molecule has 0 aliphatic rings. The van der Waals surface area contributed by atoms with Crippen molar-refractivity contribution in [2.75, 3.05) is 13.1 Å². The third-order valence-corrected chi connectivity index (χ3v) is 2.47. The van der Waals surface area contributed by atoms with E-state index in [0.717, 1.165) is 5.56 Å². The number of ether oxygens (including phenoxy) is 1. The number of nitrogens with two attached hydrogens (primary N) is 1. The molecule has 0 fully saturated rings. The summed E-state index contributed by atoms with van der Waals surface area (Å²) in [6, 6.07) is 4.34. The minimum atomic E-state index is -0.701. The molecule has 1 amide bonds. The molecule has 1 atom stereocenters. The summed E-state index contributed by atoms with van der Waals surface area (Å²) in [5.74, 6) is -0.353. The molecule has 0 aliphatic heterocycles. The first-order valence-corrected chi connectivity index (χ1v) is 6.11. The number of benzene rings is 1. The molecule has 1 aromatic rings. The van der Waals surface area contributed by atoms with Gasteiger partial charge in [0.05, 0.1) is 0 Å². The number of halogens is 1. The summed E-state index contributed by atoms with van der Waals surface area (Å²) in [5.41, 5.74) is 6.17. The van der Waals surface area contributed by atoms with Gasteiger partial charge in [0.15, 0.2) is 6.10 Å². The molecule has 0 saturated heterocycles. The van der Waals surface area contributed by atoms with Gasteiger partial charge in [-0.25, -0.2) is 4.39 Å². The molecule has 0 aliphatic carbocycles. The fourth-order valence-electron chi connectivity index (χ4n) is 1.57. The predicted molar refractivity (Wildman–Crippen MR) is 72.5 cm³/mol. The topological polar surface area (TPSA) is 64.3 Å². The standard InChI is InChI=1S/C14H19FN2O2/c1-3-6-17-14(18)10(2)19-13-8-11(4-5-16)7-12(15)9-13/h3,7-10H,1,4-6,16H2,2H3,(H,17,18). The minimum absolute atomic E-state index is 0.274. The second kappa shape index (κ2) is 7.53. The van der Waals surface area contributed by atoms with E-state index in [9.17, 15) is 9.18 Å². The van der Waals surface area contributed by atoms with Crippen molar-refractivity contribution in [3.05, 3.63) is 42.2 Å². The Kier molecular flexibility index (Phi) is 6.02. The summed E-state index contributed by atoms with van der Waals surface area (Å²) in [4.78, 5) is 11.6. The number of carbonyl (C=O) groups is 1. The summed E-state index contributed by atoms with van der Waals surface area (Å²) < 4.78 is 18.8. The van der Waals surface area contributed by atoms with E-state index in [-0.39, 0.29) is 5.91 Å². The zero-order valence-electron chi connectivity index (χ0n) is 11.0. The normalized spacial score (nSPS) is 11.7. The fraction of sp³-hybridized carbons (Fsp3) is 0.357. The van der Waals surface area contributed by atoms with Crippen LogP contribution in [0.25, 0.3) is 0 Å². The van der Waals surface area contributed by atoms with Gasteiger partial charge in [-0.05, 0) is 37.6 Å². The highest BCUT2D eigenvalue weighted by molar-refractivity contribution is 5.80. The number of nitrogens with one attached hydrogen (secondary N) is 1. The van der Waals surface area contributed by atoms with Crippen molar-refractivity contribution in [2.24, 2.45) is 5.73 Å². The first kappa shape index (κ1) is 15.2. The molecule has 0 saturated carbocycles. The molecular weight excluding hydrogens is 247 g/mol. The van der Waals surface area contributed by atoms with Crippen molar-refractivity contribution in [3.63, 3.8) is 0 Å². The van der Waals surface area contributed by atoms with Crippen molar-refractivity contribution in [2.45, 2.75) is 19.4 Å². The lowest BCUT2D eigenvalue weighted by Gasteiger charge is -2.15. The first-order chi connectivity index (χ1) is 9.06. The van der Waals surface area contributed by atoms with Crippen LogP contribution < -0.4 is 15.8 Å². The Balaban J connectivity index is 2.70. The van der Waals surface area contributed by atoms with Crippen molar-refractivity contribution in [1.82, 2.24) is 5.32 Å². The summed E-state index contributed by atoms with van der Waals surface area (Å²) in [6.45, 7) is 5.90. The van der Waals surface area contributed by atoms with E-state index in [2.05, 4.69) is 11.9 Å². The van der Waals surface area contributed by atoms with E-state index in [0.29, 0.717) is 25.3 Å². The van der Waals surface area contributed by atoms with Gasteiger partial charge in [-0.3, -0.25) is 4.79 Å². The monoisotopic (exact) mass is 266 g/mol. The smallest absolute Gasteiger partial charge is 0.261 e. The van der Waals surface area contributed by atoms with Crippen molar-refractivity contribution in [3.8, 4) is 5.75 Å². The molecule has 5 heteroatoms. The lowest BCUT2D eigenvalue weighted by molar-refractivity contribution is -0.127. The van der Waals surface area contributed by atoms with Gasteiger partial charge in [0, 0.05) is 12.6 Å². The summed E-state index contributed by atoms with van der Waals surface area (Å²) in [5, 5.41) is 2.61. The Morgan fingerprint density at radius 3 is 2.95 bits per heavy atom. The highest BCUT2D eigenvalue weighted by atomic mass is 19.1. The van der Waals surface area contributed by atoms with Crippen LogP contribution in [-0.4, -0.2) is 25.1 Å². The summed E-state index contributed by atoms with van der Waals surface area (Å²) in [7, 11) is 0. The average molecular weight is 266 g/mol. The zero-order valence-corrected chi connectivity index (χ0v) is 11.0. The van der Waals surface area contributed by atoms with Gasteiger partial charge in [-0.15, -0.1) is 6.58 Å². The van der Waals surface area contributed by atoms with E-state index >= 15 is 0 Å². The molecule has 19 heavy (non-hydrogen) atoms. The van der Waals surface area contributed by atoms with Crippen LogP contribution in [0, 0.1) is 5.82 Å². The number of hydrogen-bond acceptors (Lipinski definition) is 3. The molecular formula is C14H19FN2O2. The van der Waals surface area contributed by atoms with Crippen LogP contribution in [0.15, 0.2) is 30.9 Å². The van der Waals surface area contributed by atoms with E-state index in [1.807, 2.05) is 0 Å². The van der Waals surface area contributed by atoms with Crippen molar-refractivity contribution < 1.29 is 13.9 Å². The minimum Gasteiger partial charge on any atom is -0.481 e. The van der Waals surface area contributed by atoms with Gasteiger partial charge in [0.25, 0.3) is 5.91 Å². The molecule has 3 N–H and O–H groups in total. The molecule has 0 bridgehead atoms. The highest BCUT2D eigenvalue weighted by Gasteiger charge is 2.14. The molecule has 0 spiro atoms. The molecule has 0 aromatic heterocycles. The second-order valence-electron chi connectivity index (χ2n) is 4.13. The van der Waals surface area contributed by atoms with E-state index in [1.165, 1.54) is 12.1 Å². The van der Waals surface area contributed by atoms with Crippen LogP contribution in [-0.2, 0) is 11.2 Å². The highest BCUT2D eigenvalue weighted by Crippen LogP contribution is 2.18. The van der Waals surface area contributed by atoms with E-state index in [1.54, 1.807) is 19.1 Å². The number of hydrogen-bond donors (Lipinski definition) is 2. The zero-order chi connectivity index (χ0) is 14.3. The second-order valence-corrected chi connectivity index (χ2v) is 4.13. The van der Waals surface area contributed by atoms with Crippen LogP contribution in [0.4, 0.5) is 4.39 Å². The van der Waals surface area contributed by atoms with Gasteiger partial charge >= 0.3 is 0 Å². The van der Waals surface area contributed by atoms with Gasteiger partial charge in [-0.1, -0.05) is 6.08 Å². The quantitative estimate of drug-likeness (QED) is 0.733. The largest absolute Gasteiger partial charge is 0.481 e. The molecule has 104 valence electrons. The van der Waals surface area contributed by atoms with Crippen LogP contribution in [0.1, 0.15) is 12.5 Å². The molecule has 0 heterocycles.